The fourth-order valence-electron chi connectivity index (χ4n) is 3.40. The number of carbonyl (C=O) groups is 1. The number of hydrogen-bond donors (Lipinski definition) is 1. The molecular formula is C21H25ClN2O2. The second-order valence-electron chi connectivity index (χ2n) is 6.73. The van der Waals surface area contributed by atoms with Gasteiger partial charge in [0.2, 0.25) is 0 Å². The summed E-state index contributed by atoms with van der Waals surface area (Å²) >= 11 is 6.14. The first-order chi connectivity index (χ1) is 12.6. The molecule has 0 radical (unpaired) electrons. The number of nitrogens with one attached hydrogen (secondary N) is 1. The molecule has 0 unspecified atom stereocenters. The fourth-order valence-corrected chi connectivity index (χ4v) is 3.66. The summed E-state index contributed by atoms with van der Waals surface area (Å²) < 4.78 is 5.14. The van der Waals surface area contributed by atoms with E-state index in [1.54, 1.807) is 25.3 Å². The number of benzene rings is 2. The Bertz CT molecular complexity index is 755. The molecule has 2 aromatic carbocycles. The van der Waals surface area contributed by atoms with Crippen molar-refractivity contribution in [3.05, 3.63) is 64.2 Å². The van der Waals surface area contributed by atoms with Gasteiger partial charge in [-0.3, -0.25) is 9.69 Å². The number of aryl methyl sites for hydroxylation is 1. The molecular weight excluding hydrogens is 348 g/mol. The summed E-state index contributed by atoms with van der Waals surface area (Å²) in [5.74, 6) is 0.448. The van der Waals surface area contributed by atoms with E-state index in [-0.39, 0.29) is 11.9 Å². The number of amides is 1. The largest absolute Gasteiger partial charge is 0.495 e. The molecule has 1 aliphatic rings. The number of hydrogen-bond acceptors (Lipinski definition) is 3. The van der Waals surface area contributed by atoms with Crippen LogP contribution in [0, 0.1) is 6.92 Å². The highest BCUT2D eigenvalue weighted by molar-refractivity contribution is 6.32. The molecule has 0 saturated carbocycles. The van der Waals surface area contributed by atoms with Gasteiger partial charge in [0.1, 0.15) is 5.75 Å². The lowest BCUT2D eigenvalue weighted by atomic mass is 10.0. The number of halogens is 1. The number of methoxy groups -OCH3 is 1. The third-order valence-electron chi connectivity index (χ3n) is 4.91. The molecule has 5 heteroatoms. The van der Waals surface area contributed by atoms with Crippen molar-refractivity contribution in [1.29, 1.82) is 0 Å². The van der Waals surface area contributed by atoms with E-state index in [9.17, 15) is 4.79 Å². The highest BCUT2D eigenvalue weighted by Gasteiger charge is 2.24. The Morgan fingerprint density at radius 3 is 2.50 bits per heavy atom. The van der Waals surface area contributed by atoms with Gasteiger partial charge >= 0.3 is 0 Å². The molecule has 1 heterocycles. The monoisotopic (exact) mass is 372 g/mol. The van der Waals surface area contributed by atoms with Crippen molar-refractivity contribution >= 4 is 17.5 Å². The van der Waals surface area contributed by atoms with Crippen LogP contribution in [0.2, 0.25) is 5.02 Å². The number of likely N-dealkylation sites (tertiary alicyclic amines) is 1. The zero-order chi connectivity index (χ0) is 18.5. The van der Waals surface area contributed by atoms with E-state index in [0.717, 1.165) is 13.1 Å². The quantitative estimate of drug-likeness (QED) is 0.825. The summed E-state index contributed by atoms with van der Waals surface area (Å²) in [6, 6.07) is 13.9. The van der Waals surface area contributed by atoms with E-state index < -0.39 is 0 Å². The van der Waals surface area contributed by atoms with Crippen molar-refractivity contribution in [2.75, 3.05) is 26.7 Å². The normalized spacial score (nSPS) is 15.7. The predicted molar refractivity (Wildman–Crippen MR) is 105 cm³/mol. The summed E-state index contributed by atoms with van der Waals surface area (Å²) in [6.45, 7) is 4.81. The second kappa shape index (κ2) is 8.56. The maximum absolute atomic E-state index is 12.6. The third-order valence-corrected chi connectivity index (χ3v) is 5.21. The van der Waals surface area contributed by atoms with Crippen molar-refractivity contribution in [2.45, 2.75) is 25.8 Å². The minimum absolute atomic E-state index is 0.120. The van der Waals surface area contributed by atoms with Crippen LogP contribution < -0.4 is 10.1 Å². The Hall–Kier alpha value is -2.04. The van der Waals surface area contributed by atoms with Crippen LogP contribution in [0.3, 0.4) is 0 Å². The van der Waals surface area contributed by atoms with Gasteiger partial charge in [-0.15, -0.1) is 0 Å². The van der Waals surface area contributed by atoms with Gasteiger partial charge in [0.25, 0.3) is 5.91 Å². The van der Waals surface area contributed by atoms with Crippen molar-refractivity contribution in [2.24, 2.45) is 0 Å². The first-order valence-electron chi connectivity index (χ1n) is 9.01. The van der Waals surface area contributed by atoms with E-state index in [1.165, 1.54) is 24.0 Å². The molecule has 1 aliphatic heterocycles. The van der Waals surface area contributed by atoms with Crippen LogP contribution in [0.5, 0.6) is 5.75 Å². The number of ether oxygens (including phenoxy) is 1. The average molecular weight is 373 g/mol. The fraction of sp³-hybridized carbons (Fsp3) is 0.381. The first kappa shape index (κ1) is 18.7. The van der Waals surface area contributed by atoms with E-state index >= 15 is 0 Å². The number of carbonyl (C=O) groups excluding carboxylic acids is 1. The van der Waals surface area contributed by atoms with Gasteiger partial charge in [-0.05, 0) is 56.6 Å². The van der Waals surface area contributed by atoms with Crippen LogP contribution in [-0.4, -0.2) is 37.6 Å². The van der Waals surface area contributed by atoms with Gasteiger partial charge in [-0.1, -0.05) is 41.4 Å². The Morgan fingerprint density at radius 1 is 1.19 bits per heavy atom. The molecule has 1 saturated heterocycles. The Morgan fingerprint density at radius 2 is 1.88 bits per heavy atom. The maximum atomic E-state index is 12.6. The molecule has 1 fully saturated rings. The minimum Gasteiger partial charge on any atom is -0.495 e. The lowest BCUT2D eigenvalue weighted by Crippen LogP contribution is -2.36. The number of rotatable bonds is 6. The molecule has 4 nitrogen and oxygen atoms in total. The minimum atomic E-state index is -0.120. The Balaban J connectivity index is 1.71. The second-order valence-corrected chi connectivity index (χ2v) is 7.14. The first-order valence-corrected chi connectivity index (χ1v) is 9.38. The molecule has 0 spiro atoms. The van der Waals surface area contributed by atoms with E-state index in [4.69, 9.17) is 16.3 Å². The summed E-state index contributed by atoms with van der Waals surface area (Å²) in [7, 11) is 1.56. The van der Waals surface area contributed by atoms with Gasteiger partial charge in [0.15, 0.2) is 0 Å². The molecule has 0 aliphatic carbocycles. The van der Waals surface area contributed by atoms with Crippen LogP contribution in [0.15, 0.2) is 42.5 Å². The van der Waals surface area contributed by atoms with Crippen LogP contribution in [0.25, 0.3) is 0 Å². The van der Waals surface area contributed by atoms with E-state index in [0.29, 0.717) is 22.9 Å². The summed E-state index contributed by atoms with van der Waals surface area (Å²) in [6.07, 6.45) is 2.43. The molecule has 3 rings (SSSR count). The molecule has 26 heavy (non-hydrogen) atoms. The average Bonchev–Trinajstić information content (AvgIpc) is 3.17. The zero-order valence-corrected chi connectivity index (χ0v) is 16.1. The predicted octanol–water partition coefficient (Wildman–Crippen LogP) is 4.22. The Kier molecular flexibility index (Phi) is 6.17. The lowest BCUT2D eigenvalue weighted by Gasteiger charge is -2.28. The van der Waals surface area contributed by atoms with Crippen LogP contribution in [-0.2, 0) is 0 Å². The van der Waals surface area contributed by atoms with Crippen LogP contribution in [0.4, 0.5) is 0 Å². The molecule has 1 atom stereocenters. The molecule has 0 bridgehead atoms. The maximum Gasteiger partial charge on any atom is 0.251 e. The van der Waals surface area contributed by atoms with Crippen molar-refractivity contribution < 1.29 is 9.53 Å². The molecule has 1 N–H and O–H groups in total. The summed E-state index contributed by atoms with van der Waals surface area (Å²) in [5.41, 5.74) is 3.02. The topological polar surface area (TPSA) is 41.6 Å². The van der Waals surface area contributed by atoms with Crippen LogP contribution in [0.1, 0.15) is 40.4 Å². The highest BCUT2D eigenvalue weighted by Crippen LogP contribution is 2.26. The van der Waals surface area contributed by atoms with Gasteiger partial charge in [-0.2, -0.15) is 0 Å². The van der Waals surface area contributed by atoms with Gasteiger partial charge in [-0.25, -0.2) is 0 Å². The van der Waals surface area contributed by atoms with E-state index in [1.807, 2.05) is 0 Å². The molecule has 0 aromatic heterocycles. The van der Waals surface area contributed by atoms with Gasteiger partial charge < -0.3 is 10.1 Å². The highest BCUT2D eigenvalue weighted by atomic mass is 35.5. The lowest BCUT2D eigenvalue weighted by molar-refractivity contribution is 0.0938. The summed E-state index contributed by atoms with van der Waals surface area (Å²) in [4.78, 5) is 15.0. The third kappa shape index (κ3) is 4.37. The SMILES string of the molecule is COc1ccc(C(=O)NC[C@H](c2ccc(C)cc2)N2CCCC2)cc1Cl. The Labute approximate surface area is 160 Å². The van der Waals surface area contributed by atoms with Crippen LogP contribution >= 0.6 is 11.6 Å². The van der Waals surface area contributed by atoms with Crippen molar-refractivity contribution in [3.63, 3.8) is 0 Å². The van der Waals surface area contributed by atoms with Gasteiger partial charge in [0, 0.05) is 12.1 Å². The number of nitrogens with zero attached hydrogens (tertiary/aromatic N) is 1. The van der Waals surface area contributed by atoms with Crippen molar-refractivity contribution in [1.82, 2.24) is 10.2 Å². The summed E-state index contributed by atoms with van der Waals surface area (Å²) in [5, 5.41) is 3.51. The smallest absolute Gasteiger partial charge is 0.251 e. The van der Waals surface area contributed by atoms with E-state index in [2.05, 4.69) is 41.4 Å². The standard InChI is InChI=1S/C21H25ClN2O2/c1-15-5-7-16(8-6-15)19(24-11-3-4-12-24)14-23-21(25)17-9-10-20(26-2)18(22)13-17/h5-10,13,19H,3-4,11-12,14H2,1-2H3,(H,23,25)/t19-/m1/s1. The zero-order valence-electron chi connectivity index (χ0n) is 15.3. The van der Waals surface area contributed by atoms with Gasteiger partial charge in [0.05, 0.1) is 18.2 Å². The molecule has 138 valence electrons. The molecule has 1 amide bonds. The molecule has 2 aromatic rings. The van der Waals surface area contributed by atoms with Crippen molar-refractivity contribution in [3.8, 4) is 5.75 Å².